The first-order chi connectivity index (χ1) is 9.19. The van der Waals surface area contributed by atoms with Gasteiger partial charge < -0.3 is 5.11 Å². The molecule has 0 bridgehead atoms. The van der Waals surface area contributed by atoms with E-state index >= 15 is 0 Å². The van der Waals surface area contributed by atoms with Crippen molar-refractivity contribution in [3.63, 3.8) is 0 Å². The third kappa shape index (κ3) is 4.54. The minimum atomic E-state index is -0.138. The zero-order valence-electron chi connectivity index (χ0n) is 12.1. The van der Waals surface area contributed by atoms with E-state index in [0.29, 0.717) is 5.92 Å². The molecule has 3 atom stereocenters. The molecule has 0 aromatic heterocycles. The van der Waals surface area contributed by atoms with Gasteiger partial charge in [0.05, 0.1) is 6.10 Å². The van der Waals surface area contributed by atoms with Gasteiger partial charge in [-0.1, -0.05) is 43.9 Å². The highest BCUT2D eigenvalue weighted by atomic mass is 32.2. The summed E-state index contributed by atoms with van der Waals surface area (Å²) in [6.07, 6.45) is 6.24. The summed E-state index contributed by atoms with van der Waals surface area (Å²) >= 11 is 1.79. The van der Waals surface area contributed by atoms with Crippen molar-refractivity contribution in [2.75, 3.05) is 5.75 Å². The van der Waals surface area contributed by atoms with Gasteiger partial charge in [0.2, 0.25) is 0 Å². The van der Waals surface area contributed by atoms with Gasteiger partial charge in [-0.05, 0) is 43.7 Å². The van der Waals surface area contributed by atoms with E-state index in [9.17, 15) is 5.11 Å². The Morgan fingerprint density at radius 3 is 2.68 bits per heavy atom. The van der Waals surface area contributed by atoms with Crippen molar-refractivity contribution in [2.45, 2.75) is 57.0 Å². The van der Waals surface area contributed by atoms with Crippen LogP contribution in [0.2, 0.25) is 0 Å². The summed E-state index contributed by atoms with van der Waals surface area (Å²) in [4.78, 5) is 1.27. The Morgan fingerprint density at radius 1 is 1.26 bits per heavy atom. The SMILES string of the molecule is CCC1CCCC(C(O)CSc2ccc(C)cc2)C1. The zero-order chi connectivity index (χ0) is 13.7. The molecule has 3 unspecified atom stereocenters. The summed E-state index contributed by atoms with van der Waals surface area (Å²) in [6, 6.07) is 8.59. The second-order valence-electron chi connectivity index (χ2n) is 5.89. The van der Waals surface area contributed by atoms with E-state index in [1.807, 2.05) is 0 Å². The molecule has 1 fully saturated rings. The van der Waals surface area contributed by atoms with Crippen LogP contribution in [0, 0.1) is 18.8 Å². The van der Waals surface area contributed by atoms with Crippen LogP contribution in [0.4, 0.5) is 0 Å². The highest BCUT2D eigenvalue weighted by Crippen LogP contribution is 2.34. The highest BCUT2D eigenvalue weighted by molar-refractivity contribution is 7.99. The molecule has 0 amide bonds. The van der Waals surface area contributed by atoms with Gasteiger partial charge in [0.1, 0.15) is 0 Å². The minimum absolute atomic E-state index is 0.138. The lowest BCUT2D eigenvalue weighted by atomic mass is 9.78. The first kappa shape index (κ1) is 14.9. The lowest BCUT2D eigenvalue weighted by molar-refractivity contribution is 0.0862. The van der Waals surface area contributed by atoms with E-state index in [1.165, 1.54) is 42.6 Å². The van der Waals surface area contributed by atoms with Crippen LogP contribution < -0.4 is 0 Å². The smallest absolute Gasteiger partial charge is 0.0662 e. The second kappa shape index (κ2) is 7.35. The number of thioether (sulfide) groups is 1. The molecule has 1 aliphatic carbocycles. The van der Waals surface area contributed by atoms with Gasteiger partial charge in [-0.25, -0.2) is 0 Å². The first-order valence-corrected chi connectivity index (χ1v) is 8.55. The molecular formula is C17H26OS. The Bertz CT molecular complexity index is 373. The van der Waals surface area contributed by atoms with Crippen molar-refractivity contribution < 1.29 is 5.11 Å². The van der Waals surface area contributed by atoms with Crippen LogP contribution in [0.15, 0.2) is 29.2 Å². The fraction of sp³-hybridized carbons (Fsp3) is 0.647. The Kier molecular flexibility index (Phi) is 5.77. The standard InChI is InChI=1S/C17H26OS/c1-3-14-5-4-6-15(11-14)17(18)12-19-16-9-7-13(2)8-10-16/h7-10,14-15,17-18H,3-6,11-12H2,1-2H3. The molecular weight excluding hydrogens is 252 g/mol. The van der Waals surface area contributed by atoms with Crippen molar-refractivity contribution in [2.24, 2.45) is 11.8 Å². The topological polar surface area (TPSA) is 20.2 Å². The largest absolute Gasteiger partial charge is 0.392 e. The Labute approximate surface area is 121 Å². The maximum Gasteiger partial charge on any atom is 0.0662 e. The fourth-order valence-electron chi connectivity index (χ4n) is 3.01. The summed E-state index contributed by atoms with van der Waals surface area (Å²) in [7, 11) is 0. The number of aliphatic hydroxyl groups is 1. The molecule has 2 heteroatoms. The molecule has 1 N–H and O–H groups in total. The molecule has 1 aromatic carbocycles. The molecule has 0 radical (unpaired) electrons. The molecule has 106 valence electrons. The lowest BCUT2D eigenvalue weighted by Gasteiger charge is -2.31. The number of benzene rings is 1. The van der Waals surface area contributed by atoms with Gasteiger partial charge in [0, 0.05) is 10.6 Å². The van der Waals surface area contributed by atoms with Gasteiger partial charge in [-0.2, -0.15) is 0 Å². The van der Waals surface area contributed by atoms with Crippen LogP contribution in [-0.4, -0.2) is 17.0 Å². The van der Waals surface area contributed by atoms with Crippen molar-refractivity contribution in [3.8, 4) is 0 Å². The van der Waals surface area contributed by atoms with Crippen molar-refractivity contribution in [1.29, 1.82) is 0 Å². The normalized spacial score (nSPS) is 25.2. The second-order valence-corrected chi connectivity index (χ2v) is 6.99. The van der Waals surface area contributed by atoms with Crippen LogP contribution in [-0.2, 0) is 0 Å². The maximum atomic E-state index is 10.4. The van der Waals surface area contributed by atoms with Crippen LogP contribution in [0.3, 0.4) is 0 Å². The molecule has 0 saturated heterocycles. The quantitative estimate of drug-likeness (QED) is 0.790. The van der Waals surface area contributed by atoms with Gasteiger partial charge >= 0.3 is 0 Å². The molecule has 1 nitrogen and oxygen atoms in total. The van der Waals surface area contributed by atoms with Gasteiger partial charge in [-0.3, -0.25) is 0 Å². The van der Waals surface area contributed by atoms with E-state index in [1.54, 1.807) is 11.8 Å². The Morgan fingerprint density at radius 2 is 2.00 bits per heavy atom. The Balaban J connectivity index is 1.80. The molecule has 2 rings (SSSR count). The predicted molar refractivity (Wildman–Crippen MR) is 83.6 cm³/mol. The lowest BCUT2D eigenvalue weighted by Crippen LogP contribution is -2.28. The highest BCUT2D eigenvalue weighted by Gasteiger charge is 2.26. The van der Waals surface area contributed by atoms with E-state index < -0.39 is 0 Å². The number of hydrogen-bond acceptors (Lipinski definition) is 2. The monoisotopic (exact) mass is 278 g/mol. The van der Waals surface area contributed by atoms with Gasteiger partial charge in [-0.15, -0.1) is 11.8 Å². The van der Waals surface area contributed by atoms with Gasteiger partial charge in [0.25, 0.3) is 0 Å². The van der Waals surface area contributed by atoms with E-state index in [0.717, 1.165) is 11.7 Å². The average molecular weight is 278 g/mol. The van der Waals surface area contributed by atoms with Crippen LogP contribution in [0.1, 0.15) is 44.6 Å². The summed E-state index contributed by atoms with van der Waals surface area (Å²) < 4.78 is 0. The summed E-state index contributed by atoms with van der Waals surface area (Å²) in [6.45, 7) is 4.39. The van der Waals surface area contributed by atoms with Crippen molar-refractivity contribution in [1.82, 2.24) is 0 Å². The average Bonchev–Trinajstić information content (AvgIpc) is 2.46. The van der Waals surface area contributed by atoms with E-state index in [4.69, 9.17) is 0 Å². The molecule has 19 heavy (non-hydrogen) atoms. The fourth-order valence-corrected chi connectivity index (χ4v) is 3.97. The summed E-state index contributed by atoms with van der Waals surface area (Å²) in [5.41, 5.74) is 1.29. The molecule has 1 aromatic rings. The van der Waals surface area contributed by atoms with Crippen LogP contribution in [0.25, 0.3) is 0 Å². The molecule has 1 aliphatic rings. The zero-order valence-corrected chi connectivity index (χ0v) is 13.0. The number of aryl methyl sites for hydroxylation is 1. The summed E-state index contributed by atoms with van der Waals surface area (Å²) in [5.74, 6) is 2.21. The minimum Gasteiger partial charge on any atom is -0.392 e. The van der Waals surface area contributed by atoms with Crippen LogP contribution >= 0.6 is 11.8 Å². The Hall–Kier alpha value is -0.470. The maximum absolute atomic E-state index is 10.4. The van der Waals surface area contributed by atoms with E-state index in [-0.39, 0.29) is 6.10 Å². The first-order valence-electron chi connectivity index (χ1n) is 7.56. The summed E-state index contributed by atoms with van der Waals surface area (Å²) in [5, 5.41) is 10.4. The van der Waals surface area contributed by atoms with Crippen molar-refractivity contribution in [3.05, 3.63) is 29.8 Å². The van der Waals surface area contributed by atoms with Crippen molar-refractivity contribution >= 4 is 11.8 Å². The molecule has 1 saturated carbocycles. The molecule has 0 heterocycles. The predicted octanol–water partition coefficient (Wildman–Crippen LogP) is 4.66. The van der Waals surface area contributed by atoms with Gasteiger partial charge in [0.15, 0.2) is 0 Å². The number of rotatable bonds is 5. The van der Waals surface area contributed by atoms with E-state index in [2.05, 4.69) is 38.1 Å². The molecule has 0 spiro atoms. The number of aliphatic hydroxyl groups excluding tert-OH is 1. The third-order valence-corrected chi connectivity index (χ3v) is 5.50. The molecule has 0 aliphatic heterocycles. The van der Waals surface area contributed by atoms with Crippen LogP contribution in [0.5, 0.6) is 0 Å². The third-order valence-electron chi connectivity index (χ3n) is 4.39. The number of hydrogen-bond donors (Lipinski definition) is 1.